The highest BCUT2D eigenvalue weighted by atomic mass is 19.1. The number of ether oxygens (including phenoxy) is 2. The Hall–Kier alpha value is -4.70. The van der Waals surface area contributed by atoms with Crippen molar-refractivity contribution in [2.24, 2.45) is 0 Å². The molecule has 1 heterocycles. The molecule has 4 rings (SSSR count). The van der Waals surface area contributed by atoms with Gasteiger partial charge in [0.05, 0.1) is 7.11 Å². The number of nitriles is 1. The van der Waals surface area contributed by atoms with E-state index in [9.17, 15) is 19.2 Å². The zero-order chi connectivity index (χ0) is 26.4. The fraction of sp³-hybridized carbons (Fsp3) is 0.167. The lowest BCUT2D eigenvalue weighted by molar-refractivity contribution is -0.140. The molecule has 0 bridgehead atoms. The van der Waals surface area contributed by atoms with Gasteiger partial charge in [0.1, 0.15) is 24.1 Å². The fourth-order valence-corrected chi connectivity index (χ4v) is 4.02. The number of amides is 2. The number of imide groups is 1. The molecule has 6 nitrogen and oxygen atoms in total. The summed E-state index contributed by atoms with van der Waals surface area (Å²) in [5, 5.41) is 9.64. The van der Waals surface area contributed by atoms with Gasteiger partial charge in [0.15, 0.2) is 11.5 Å². The Morgan fingerprint density at radius 1 is 0.946 bits per heavy atom. The standard InChI is InChI=1S/C30H25FN2O4/c1-20-25(29(34)33(30(35)26(20)18-32)15-14-21-6-4-3-5-7-21)16-23-10-13-27(28(17-23)36-2)37-19-22-8-11-24(31)12-9-22/h3-13,16-17H,14-15,19H2,1-2H3/b25-16+. The minimum absolute atomic E-state index is 0.0508. The predicted octanol–water partition coefficient (Wildman–Crippen LogP) is 5.25. The maximum Gasteiger partial charge on any atom is 0.271 e. The number of methoxy groups -OCH3 is 1. The van der Waals surface area contributed by atoms with Crippen molar-refractivity contribution in [3.63, 3.8) is 0 Å². The molecule has 186 valence electrons. The van der Waals surface area contributed by atoms with Gasteiger partial charge in [-0.15, -0.1) is 0 Å². The van der Waals surface area contributed by atoms with Crippen LogP contribution in [0, 0.1) is 17.1 Å². The molecule has 1 aliphatic rings. The number of hydrogen-bond donors (Lipinski definition) is 0. The fourth-order valence-electron chi connectivity index (χ4n) is 4.02. The van der Waals surface area contributed by atoms with Crippen molar-refractivity contribution >= 4 is 17.9 Å². The number of nitrogens with zero attached hydrogens (tertiary/aromatic N) is 2. The number of halogens is 1. The highest BCUT2D eigenvalue weighted by Crippen LogP contribution is 2.32. The van der Waals surface area contributed by atoms with Gasteiger partial charge in [-0.1, -0.05) is 48.5 Å². The number of hydrogen-bond acceptors (Lipinski definition) is 5. The summed E-state index contributed by atoms with van der Waals surface area (Å²) < 4.78 is 24.5. The number of benzene rings is 3. The molecule has 0 N–H and O–H groups in total. The second-order valence-electron chi connectivity index (χ2n) is 8.49. The first-order valence-electron chi connectivity index (χ1n) is 11.7. The highest BCUT2D eigenvalue weighted by Gasteiger charge is 2.35. The first-order chi connectivity index (χ1) is 17.9. The molecule has 0 atom stereocenters. The minimum atomic E-state index is -0.583. The maximum atomic E-state index is 13.3. The van der Waals surface area contributed by atoms with Crippen LogP contribution in [0.5, 0.6) is 11.5 Å². The van der Waals surface area contributed by atoms with Crippen LogP contribution in [0.1, 0.15) is 23.6 Å². The van der Waals surface area contributed by atoms with Crippen molar-refractivity contribution in [2.45, 2.75) is 20.0 Å². The third kappa shape index (κ3) is 5.76. The van der Waals surface area contributed by atoms with E-state index in [0.717, 1.165) is 16.0 Å². The molecule has 3 aromatic carbocycles. The Kier molecular flexibility index (Phi) is 7.80. The number of carbonyl (C=O) groups excluding carboxylic acids is 2. The Morgan fingerprint density at radius 2 is 1.68 bits per heavy atom. The molecule has 37 heavy (non-hydrogen) atoms. The third-order valence-electron chi connectivity index (χ3n) is 6.10. The quantitative estimate of drug-likeness (QED) is 0.314. The highest BCUT2D eigenvalue weighted by molar-refractivity contribution is 6.19. The van der Waals surface area contributed by atoms with E-state index in [4.69, 9.17) is 9.47 Å². The summed E-state index contributed by atoms with van der Waals surface area (Å²) in [5.41, 5.74) is 2.98. The molecule has 2 amide bonds. The van der Waals surface area contributed by atoms with E-state index in [2.05, 4.69) is 0 Å². The van der Waals surface area contributed by atoms with E-state index in [0.29, 0.717) is 29.1 Å². The minimum Gasteiger partial charge on any atom is -0.493 e. The molecule has 0 saturated heterocycles. The SMILES string of the molecule is COc1cc(/C=C2/C(=O)N(CCc3ccccc3)C(=O)C(C#N)=C2C)ccc1OCc1ccc(F)cc1. The second-order valence-corrected chi connectivity index (χ2v) is 8.49. The topological polar surface area (TPSA) is 79.6 Å². The van der Waals surface area contributed by atoms with Crippen molar-refractivity contribution in [2.75, 3.05) is 13.7 Å². The van der Waals surface area contributed by atoms with E-state index >= 15 is 0 Å². The van der Waals surface area contributed by atoms with Crippen LogP contribution in [0.2, 0.25) is 0 Å². The molecule has 0 radical (unpaired) electrons. The van der Waals surface area contributed by atoms with Crippen LogP contribution in [-0.2, 0) is 22.6 Å². The average Bonchev–Trinajstić information content (AvgIpc) is 2.92. The van der Waals surface area contributed by atoms with E-state index in [1.807, 2.05) is 36.4 Å². The Labute approximate surface area is 214 Å². The van der Waals surface area contributed by atoms with Gasteiger partial charge in [0.25, 0.3) is 11.8 Å². The Balaban J connectivity index is 1.59. The molecule has 1 aliphatic heterocycles. The predicted molar refractivity (Wildman–Crippen MR) is 137 cm³/mol. The molecule has 0 unspecified atom stereocenters. The first kappa shape index (κ1) is 25.4. The number of rotatable bonds is 8. The van der Waals surface area contributed by atoms with Gasteiger partial charge in [0, 0.05) is 12.1 Å². The van der Waals surface area contributed by atoms with E-state index in [1.54, 1.807) is 43.3 Å². The average molecular weight is 497 g/mol. The van der Waals surface area contributed by atoms with Crippen LogP contribution in [0.25, 0.3) is 6.08 Å². The van der Waals surface area contributed by atoms with Crippen LogP contribution >= 0.6 is 0 Å². The van der Waals surface area contributed by atoms with Crippen molar-refractivity contribution in [1.29, 1.82) is 5.26 Å². The monoisotopic (exact) mass is 496 g/mol. The summed E-state index contributed by atoms with van der Waals surface area (Å²) in [4.78, 5) is 27.4. The normalized spacial score (nSPS) is 14.6. The van der Waals surface area contributed by atoms with E-state index < -0.39 is 11.8 Å². The van der Waals surface area contributed by atoms with Crippen molar-refractivity contribution in [3.8, 4) is 17.6 Å². The molecule has 0 fully saturated rings. The molecule has 7 heteroatoms. The van der Waals surface area contributed by atoms with Gasteiger partial charge < -0.3 is 9.47 Å². The summed E-state index contributed by atoms with van der Waals surface area (Å²) in [7, 11) is 1.51. The maximum absolute atomic E-state index is 13.3. The van der Waals surface area contributed by atoms with E-state index in [-0.39, 0.29) is 30.1 Å². The Morgan fingerprint density at radius 3 is 2.35 bits per heavy atom. The number of carbonyl (C=O) groups is 2. The summed E-state index contributed by atoms with van der Waals surface area (Å²) in [6, 6.07) is 22.7. The van der Waals surface area contributed by atoms with Crippen molar-refractivity contribution < 1.29 is 23.5 Å². The van der Waals surface area contributed by atoms with Crippen LogP contribution < -0.4 is 9.47 Å². The third-order valence-corrected chi connectivity index (χ3v) is 6.10. The van der Waals surface area contributed by atoms with Crippen molar-refractivity contribution in [3.05, 3.63) is 112 Å². The van der Waals surface area contributed by atoms with Crippen LogP contribution in [0.15, 0.2) is 89.5 Å². The van der Waals surface area contributed by atoms with Crippen molar-refractivity contribution in [1.82, 2.24) is 4.90 Å². The van der Waals surface area contributed by atoms with Gasteiger partial charge in [-0.3, -0.25) is 14.5 Å². The van der Waals surface area contributed by atoms with Crippen LogP contribution in [0.3, 0.4) is 0 Å². The van der Waals surface area contributed by atoms with Crippen LogP contribution in [0.4, 0.5) is 4.39 Å². The molecular weight excluding hydrogens is 471 g/mol. The lowest BCUT2D eigenvalue weighted by atomic mass is 9.93. The van der Waals surface area contributed by atoms with Gasteiger partial charge in [-0.05, 0) is 65.9 Å². The molecule has 0 spiro atoms. The van der Waals surface area contributed by atoms with E-state index in [1.165, 1.54) is 19.2 Å². The molecule has 0 aromatic heterocycles. The molecule has 0 saturated carbocycles. The molecule has 0 aliphatic carbocycles. The summed E-state index contributed by atoms with van der Waals surface area (Å²) in [6.07, 6.45) is 2.13. The lowest BCUT2D eigenvalue weighted by Crippen LogP contribution is -2.43. The van der Waals surface area contributed by atoms with Gasteiger partial charge in [-0.25, -0.2) is 4.39 Å². The second kappa shape index (κ2) is 11.4. The molecular formula is C30H25FN2O4. The van der Waals surface area contributed by atoms with Gasteiger partial charge in [0.2, 0.25) is 0 Å². The summed E-state index contributed by atoms with van der Waals surface area (Å²) >= 11 is 0. The zero-order valence-electron chi connectivity index (χ0n) is 20.5. The van der Waals surface area contributed by atoms with Gasteiger partial charge >= 0.3 is 0 Å². The molecule has 3 aromatic rings. The summed E-state index contributed by atoms with van der Waals surface area (Å²) in [6.45, 7) is 1.99. The first-order valence-corrected chi connectivity index (χ1v) is 11.7. The largest absolute Gasteiger partial charge is 0.493 e. The van der Waals surface area contributed by atoms with Gasteiger partial charge in [-0.2, -0.15) is 5.26 Å². The zero-order valence-corrected chi connectivity index (χ0v) is 20.5. The smallest absolute Gasteiger partial charge is 0.271 e. The summed E-state index contributed by atoms with van der Waals surface area (Å²) in [5.74, 6) is -0.430. The Bertz CT molecular complexity index is 1420. The van der Waals surface area contributed by atoms with Crippen LogP contribution in [-0.4, -0.2) is 30.4 Å². The lowest BCUT2D eigenvalue weighted by Gasteiger charge is -2.27.